The molecule has 104 valence electrons. The Hall–Kier alpha value is 0.860. The Morgan fingerprint density at radius 3 is 1.41 bits per heavy atom. The van der Waals surface area contributed by atoms with Gasteiger partial charge in [0.25, 0.3) is 0 Å². The van der Waals surface area contributed by atoms with Crippen molar-refractivity contribution in [3.05, 3.63) is 0 Å². The molecule has 0 aromatic carbocycles. The summed E-state index contributed by atoms with van der Waals surface area (Å²) in [6.07, 6.45) is 11.8. The van der Waals surface area contributed by atoms with E-state index in [1.807, 2.05) is 0 Å². The fourth-order valence-corrected chi connectivity index (χ4v) is 4.99. The zero-order chi connectivity index (χ0) is 12.9. The summed E-state index contributed by atoms with van der Waals surface area (Å²) < 4.78 is 0. The van der Waals surface area contributed by atoms with E-state index in [0.717, 1.165) is 11.8 Å². The summed E-state index contributed by atoms with van der Waals surface area (Å²) in [4.78, 5) is 0. The molecule has 2 heteroatoms. The van der Waals surface area contributed by atoms with E-state index in [0.29, 0.717) is 0 Å². The maximum absolute atomic E-state index is 2.33. The molecule has 0 aliphatic rings. The lowest BCUT2D eigenvalue weighted by molar-refractivity contribution is 0.551. The van der Waals surface area contributed by atoms with Crippen molar-refractivity contribution in [3.63, 3.8) is 0 Å². The molecule has 0 bridgehead atoms. The molecule has 0 spiro atoms. The average Bonchev–Trinajstić information content (AvgIpc) is 2.25. The van der Waals surface area contributed by atoms with Gasteiger partial charge in [-0.05, 0) is 42.9 Å². The molecule has 0 aliphatic carbocycles. The van der Waals surface area contributed by atoms with Crippen LogP contribution in [0.25, 0.3) is 0 Å². The molecule has 17 heavy (non-hydrogen) atoms. The summed E-state index contributed by atoms with van der Waals surface area (Å²) in [5.74, 6) is 3.34. The third-order valence-electron chi connectivity index (χ3n) is 3.02. The SMILES string of the molecule is CC(C)CCCCPCPCCCCC(C)C. The Bertz CT molecular complexity index is 128. The van der Waals surface area contributed by atoms with E-state index < -0.39 is 0 Å². The maximum atomic E-state index is 2.33. The van der Waals surface area contributed by atoms with Gasteiger partial charge in [-0.25, -0.2) is 0 Å². The largest absolute Gasteiger partial charge is 0.118 e. The molecule has 0 aromatic rings. The lowest BCUT2D eigenvalue weighted by Crippen LogP contribution is -1.88. The summed E-state index contributed by atoms with van der Waals surface area (Å²) in [6, 6.07) is 0. The third kappa shape index (κ3) is 16.9. The second-order valence-corrected chi connectivity index (χ2v) is 9.37. The zero-order valence-electron chi connectivity index (χ0n) is 12.5. The van der Waals surface area contributed by atoms with E-state index in [2.05, 4.69) is 27.7 Å². The molecule has 0 rings (SSSR count). The topological polar surface area (TPSA) is 0 Å². The second kappa shape index (κ2) is 13.3. The van der Waals surface area contributed by atoms with Crippen LogP contribution in [0.1, 0.15) is 66.2 Å². The fraction of sp³-hybridized carbons (Fsp3) is 1.00. The van der Waals surface area contributed by atoms with Crippen molar-refractivity contribution in [3.8, 4) is 0 Å². The van der Waals surface area contributed by atoms with Crippen molar-refractivity contribution in [2.45, 2.75) is 66.2 Å². The van der Waals surface area contributed by atoms with Crippen LogP contribution in [0.4, 0.5) is 0 Å². The van der Waals surface area contributed by atoms with Crippen molar-refractivity contribution in [2.24, 2.45) is 11.8 Å². The molecular formula is C15H34P2. The van der Waals surface area contributed by atoms with Gasteiger partial charge in [0.2, 0.25) is 0 Å². The highest BCUT2D eigenvalue weighted by molar-refractivity contribution is 7.56. The highest BCUT2D eigenvalue weighted by Gasteiger charge is 1.96. The Kier molecular flexibility index (Phi) is 14.0. The van der Waals surface area contributed by atoms with Gasteiger partial charge in [0, 0.05) is 0 Å². The van der Waals surface area contributed by atoms with Crippen LogP contribution in [0.15, 0.2) is 0 Å². The molecule has 0 amide bonds. The normalized spacial score (nSPS) is 13.1. The average molecular weight is 276 g/mol. The predicted octanol–water partition coefficient (Wildman–Crippen LogP) is 5.95. The third-order valence-corrected chi connectivity index (χ3v) is 6.43. The van der Waals surface area contributed by atoms with Gasteiger partial charge < -0.3 is 0 Å². The van der Waals surface area contributed by atoms with Crippen LogP contribution < -0.4 is 0 Å². The lowest BCUT2D eigenvalue weighted by atomic mass is 10.1. The highest BCUT2D eigenvalue weighted by atomic mass is 31.1. The molecule has 0 fully saturated rings. The van der Waals surface area contributed by atoms with E-state index >= 15 is 0 Å². The van der Waals surface area contributed by atoms with Crippen molar-refractivity contribution < 1.29 is 0 Å². The Labute approximate surface area is 114 Å². The Balaban J connectivity index is 2.94. The minimum Gasteiger partial charge on any atom is -0.118 e. The number of hydrogen-bond acceptors (Lipinski definition) is 0. The number of rotatable bonds is 12. The smallest absolute Gasteiger partial charge is 0.0176 e. The quantitative estimate of drug-likeness (QED) is 0.305. The van der Waals surface area contributed by atoms with Crippen molar-refractivity contribution >= 4 is 17.2 Å². The predicted molar refractivity (Wildman–Crippen MR) is 88.6 cm³/mol. The summed E-state index contributed by atoms with van der Waals surface area (Å²) in [7, 11) is 2.51. The zero-order valence-corrected chi connectivity index (χ0v) is 14.5. The molecule has 2 unspecified atom stereocenters. The molecule has 0 saturated heterocycles. The maximum Gasteiger partial charge on any atom is -0.0176 e. The lowest BCUT2D eigenvalue weighted by Gasteiger charge is -2.06. The van der Waals surface area contributed by atoms with Gasteiger partial charge in [0.15, 0.2) is 0 Å². The van der Waals surface area contributed by atoms with Crippen LogP contribution >= 0.6 is 17.2 Å². The standard InChI is InChI=1S/C15H34P2/c1-14(2)9-5-7-11-16-13-17-12-8-6-10-15(3)4/h14-17H,5-13H2,1-4H3. The number of unbranched alkanes of at least 4 members (excludes halogenated alkanes) is 2. The van der Waals surface area contributed by atoms with Crippen molar-refractivity contribution in [1.29, 1.82) is 0 Å². The van der Waals surface area contributed by atoms with Crippen LogP contribution in [0.2, 0.25) is 0 Å². The van der Waals surface area contributed by atoms with Gasteiger partial charge >= 0.3 is 0 Å². The first-order valence-electron chi connectivity index (χ1n) is 7.54. The first kappa shape index (κ1) is 17.9. The van der Waals surface area contributed by atoms with Crippen LogP contribution in [0.5, 0.6) is 0 Å². The Morgan fingerprint density at radius 1 is 0.647 bits per heavy atom. The van der Waals surface area contributed by atoms with E-state index in [-0.39, 0.29) is 0 Å². The van der Waals surface area contributed by atoms with Gasteiger partial charge in [-0.3, -0.25) is 0 Å². The van der Waals surface area contributed by atoms with Crippen molar-refractivity contribution in [2.75, 3.05) is 18.2 Å². The van der Waals surface area contributed by atoms with Crippen molar-refractivity contribution in [1.82, 2.24) is 0 Å². The summed E-state index contributed by atoms with van der Waals surface area (Å²) in [6.45, 7) is 9.34. The molecule has 0 N–H and O–H groups in total. The van der Waals surface area contributed by atoms with Crippen LogP contribution in [-0.4, -0.2) is 18.2 Å². The fourth-order valence-electron chi connectivity index (χ4n) is 1.87. The summed E-state index contributed by atoms with van der Waals surface area (Å²) in [5, 5.41) is 0. The van der Waals surface area contributed by atoms with Crippen LogP contribution in [0, 0.1) is 11.8 Å². The minimum absolute atomic E-state index is 0.904. The first-order chi connectivity index (χ1) is 8.13. The van der Waals surface area contributed by atoms with E-state index in [4.69, 9.17) is 0 Å². The molecule has 0 aromatic heterocycles. The van der Waals surface area contributed by atoms with E-state index in [9.17, 15) is 0 Å². The molecule has 0 nitrogen and oxygen atoms in total. The van der Waals surface area contributed by atoms with Crippen LogP contribution in [0.3, 0.4) is 0 Å². The number of hydrogen-bond donors (Lipinski definition) is 0. The van der Waals surface area contributed by atoms with Gasteiger partial charge in [-0.1, -0.05) is 53.4 Å². The Morgan fingerprint density at radius 2 is 1.06 bits per heavy atom. The molecule has 2 atom stereocenters. The van der Waals surface area contributed by atoms with E-state index in [1.165, 1.54) is 73.9 Å². The molecule has 0 aliphatic heterocycles. The summed E-state index contributed by atoms with van der Waals surface area (Å²) >= 11 is 0. The highest BCUT2D eigenvalue weighted by Crippen LogP contribution is 2.26. The monoisotopic (exact) mass is 276 g/mol. The van der Waals surface area contributed by atoms with Gasteiger partial charge in [0.1, 0.15) is 0 Å². The van der Waals surface area contributed by atoms with Crippen LogP contribution in [-0.2, 0) is 0 Å². The first-order valence-corrected chi connectivity index (χ1v) is 10.4. The minimum atomic E-state index is 0.904. The molecular weight excluding hydrogens is 242 g/mol. The molecule has 0 radical (unpaired) electrons. The van der Waals surface area contributed by atoms with Gasteiger partial charge in [-0.2, -0.15) is 0 Å². The summed E-state index contributed by atoms with van der Waals surface area (Å²) in [5.41, 5.74) is 0. The second-order valence-electron chi connectivity index (χ2n) is 5.96. The van der Waals surface area contributed by atoms with E-state index in [1.54, 1.807) is 0 Å². The molecule has 0 heterocycles. The van der Waals surface area contributed by atoms with Gasteiger partial charge in [-0.15, -0.1) is 17.2 Å². The molecule has 0 saturated carbocycles. The van der Waals surface area contributed by atoms with Gasteiger partial charge in [0.05, 0.1) is 0 Å².